The van der Waals surface area contributed by atoms with Crippen LogP contribution in [0.1, 0.15) is 24.9 Å². The van der Waals surface area contributed by atoms with Gasteiger partial charge in [-0.15, -0.1) is 0 Å². The van der Waals surface area contributed by atoms with Crippen LogP contribution in [0.5, 0.6) is 0 Å². The number of nitrogens with one attached hydrogen (secondary N) is 2. The normalized spacial score (nSPS) is 23.7. The molecule has 0 aromatic heterocycles. The summed E-state index contributed by atoms with van der Waals surface area (Å²) in [4.78, 5) is 25.7. The summed E-state index contributed by atoms with van der Waals surface area (Å²) < 4.78 is 18.8. The van der Waals surface area contributed by atoms with Crippen LogP contribution in [0.2, 0.25) is 0 Å². The van der Waals surface area contributed by atoms with Gasteiger partial charge in [0.05, 0.1) is 24.5 Å². The van der Waals surface area contributed by atoms with E-state index < -0.39 is 17.9 Å². The molecule has 6 heteroatoms. The molecule has 0 spiro atoms. The lowest BCUT2D eigenvalue weighted by atomic mass is 9.75. The highest BCUT2D eigenvalue weighted by atomic mass is 19.1. The molecule has 0 saturated carbocycles. The lowest BCUT2D eigenvalue weighted by Crippen LogP contribution is -2.39. The van der Waals surface area contributed by atoms with Crippen LogP contribution in [-0.2, 0) is 14.3 Å². The molecule has 4 rings (SSSR count). The number of carbonyl (C=O) groups excluding carboxylic acids is 2. The number of para-hydroxylation sites is 2. The van der Waals surface area contributed by atoms with Crippen molar-refractivity contribution in [2.45, 2.75) is 19.4 Å². The van der Waals surface area contributed by atoms with Crippen molar-refractivity contribution in [2.24, 2.45) is 11.8 Å². The third kappa shape index (κ3) is 3.05. The molecule has 1 aliphatic carbocycles. The number of anilines is 2. The summed E-state index contributed by atoms with van der Waals surface area (Å²) in [5.74, 6) is -2.28. The third-order valence-electron chi connectivity index (χ3n) is 5.41. The van der Waals surface area contributed by atoms with Gasteiger partial charge in [0.1, 0.15) is 11.7 Å². The van der Waals surface area contributed by atoms with Gasteiger partial charge < -0.3 is 15.4 Å². The lowest BCUT2D eigenvalue weighted by Gasteiger charge is -2.32. The van der Waals surface area contributed by atoms with Crippen molar-refractivity contribution in [3.05, 3.63) is 71.2 Å². The predicted octanol–water partition coefficient (Wildman–Crippen LogP) is 4.06. The maximum absolute atomic E-state index is 13.9. The average molecular weight is 380 g/mol. The van der Waals surface area contributed by atoms with E-state index in [0.717, 1.165) is 17.1 Å². The van der Waals surface area contributed by atoms with Gasteiger partial charge in [0.15, 0.2) is 5.78 Å². The predicted molar refractivity (Wildman–Crippen MR) is 104 cm³/mol. The maximum Gasteiger partial charge on any atom is 0.316 e. The number of hydrogen-bond donors (Lipinski definition) is 2. The summed E-state index contributed by atoms with van der Waals surface area (Å²) in [5.41, 5.74) is 3.48. The maximum atomic E-state index is 13.9. The summed E-state index contributed by atoms with van der Waals surface area (Å²) in [6.07, 6.45) is 0.517. The summed E-state index contributed by atoms with van der Waals surface area (Å²) in [6.45, 7) is 1.87. The van der Waals surface area contributed by atoms with Gasteiger partial charge in [0.2, 0.25) is 0 Å². The zero-order chi connectivity index (χ0) is 19.8. The minimum absolute atomic E-state index is 0.204. The van der Waals surface area contributed by atoms with Gasteiger partial charge in [-0.05, 0) is 42.2 Å². The molecule has 0 radical (unpaired) electrons. The summed E-state index contributed by atoms with van der Waals surface area (Å²) in [5, 5.41) is 6.73. The molecule has 2 N–H and O–H groups in total. The van der Waals surface area contributed by atoms with Crippen molar-refractivity contribution >= 4 is 23.1 Å². The number of allylic oxidation sites excluding steroid dienone is 1. The number of fused-ring (bicyclic) bond motifs is 1. The van der Waals surface area contributed by atoms with Gasteiger partial charge in [-0.25, -0.2) is 4.39 Å². The minimum atomic E-state index is -0.871. The fourth-order valence-electron chi connectivity index (χ4n) is 4.07. The molecule has 1 heterocycles. The number of rotatable bonds is 2. The second kappa shape index (κ2) is 7.11. The highest BCUT2D eigenvalue weighted by Gasteiger charge is 2.44. The van der Waals surface area contributed by atoms with Crippen molar-refractivity contribution in [3.8, 4) is 0 Å². The standard InChI is InChI=1S/C22H21FN2O3/c1-12-10-17-19(21(26)18(12)22(27)28-2)20(13-6-5-7-14(23)11-13)25-16-9-4-3-8-15(16)24-17/h3-9,11-12,18,20,24-25H,10H2,1-2H3/t12-,18+,20-/m0/s1. The van der Waals surface area contributed by atoms with Crippen molar-refractivity contribution in [2.75, 3.05) is 17.7 Å². The molecule has 0 unspecified atom stereocenters. The quantitative estimate of drug-likeness (QED) is 0.608. The number of Topliss-reactive ketones (excluding diaryl/α,β-unsaturated/α-hetero) is 1. The first-order chi connectivity index (χ1) is 13.5. The topological polar surface area (TPSA) is 67.4 Å². The monoisotopic (exact) mass is 380 g/mol. The van der Waals surface area contributed by atoms with Crippen molar-refractivity contribution < 1.29 is 18.7 Å². The molecule has 0 saturated heterocycles. The van der Waals surface area contributed by atoms with Crippen molar-refractivity contribution in [1.82, 2.24) is 0 Å². The lowest BCUT2D eigenvalue weighted by molar-refractivity contribution is -0.151. The molecule has 1 aliphatic heterocycles. The summed E-state index contributed by atoms with van der Waals surface area (Å²) >= 11 is 0. The number of ether oxygens (including phenoxy) is 1. The zero-order valence-corrected chi connectivity index (χ0v) is 15.7. The van der Waals surface area contributed by atoms with Crippen LogP contribution >= 0.6 is 0 Å². The Morgan fingerprint density at radius 2 is 1.89 bits per heavy atom. The largest absolute Gasteiger partial charge is 0.468 e. The van der Waals surface area contributed by atoms with E-state index in [-0.39, 0.29) is 17.5 Å². The van der Waals surface area contributed by atoms with E-state index in [4.69, 9.17) is 4.74 Å². The first kappa shape index (κ1) is 18.2. The number of halogens is 1. The number of methoxy groups -OCH3 is 1. The van der Waals surface area contributed by atoms with E-state index >= 15 is 0 Å². The van der Waals surface area contributed by atoms with Gasteiger partial charge in [-0.2, -0.15) is 0 Å². The fourth-order valence-corrected chi connectivity index (χ4v) is 4.07. The van der Waals surface area contributed by atoms with Crippen molar-refractivity contribution in [3.63, 3.8) is 0 Å². The molecule has 28 heavy (non-hydrogen) atoms. The molecule has 5 nitrogen and oxygen atoms in total. The minimum Gasteiger partial charge on any atom is -0.468 e. The van der Waals surface area contributed by atoms with E-state index in [1.807, 2.05) is 31.2 Å². The van der Waals surface area contributed by atoms with E-state index in [9.17, 15) is 14.0 Å². The number of hydrogen-bond acceptors (Lipinski definition) is 5. The molecule has 3 atom stereocenters. The van der Waals surface area contributed by atoms with Crippen LogP contribution in [0.25, 0.3) is 0 Å². The van der Waals surface area contributed by atoms with E-state index in [0.29, 0.717) is 17.6 Å². The highest BCUT2D eigenvalue weighted by molar-refractivity contribution is 6.11. The number of esters is 1. The highest BCUT2D eigenvalue weighted by Crippen LogP contribution is 2.43. The van der Waals surface area contributed by atoms with E-state index in [1.54, 1.807) is 12.1 Å². The second-order valence-electron chi connectivity index (χ2n) is 7.24. The molecule has 2 aromatic rings. The van der Waals surface area contributed by atoms with Crippen LogP contribution in [0.3, 0.4) is 0 Å². The Morgan fingerprint density at radius 1 is 1.14 bits per heavy atom. The third-order valence-corrected chi connectivity index (χ3v) is 5.41. The van der Waals surface area contributed by atoms with Crippen LogP contribution in [0, 0.1) is 17.7 Å². The summed E-state index contributed by atoms with van der Waals surface area (Å²) in [7, 11) is 1.29. The molecule has 0 fully saturated rings. The Hall–Kier alpha value is -3.15. The van der Waals surface area contributed by atoms with Gasteiger partial charge >= 0.3 is 5.97 Å². The Kier molecular flexibility index (Phi) is 4.63. The van der Waals surface area contributed by atoms with Gasteiger partial charge in [-0.1, -0.05) is 31.2 Å². The van der Waals surface area contributed by atoms with Gasteiger partial charge in [0, 0.05) is 11.3 Å². The van der Waals surface area contributed by atoms with Crippen LogP contribution in [-0.4, -0.2) is 18.9 Å². The smallest absolute Gasteiger partial charge is 0.316 e. The van der Waals surface area contributed by atoms with Crippen LogP contribution in [0.4, 0.5) is 15.8 Å². The molecule has 0 amide bonds. The SMILES string of the molecule is COC(=O)[C@H]1C(=O)C2=C(C[C@@H]1C)Nc1ccccc1N[C@H]2c1cccc(F)c1. The number of carbonyl (C=O) groups is 2. The first-order valence-corrected chi connectivity index (χ1v) is 9.22. The Balaban J connectivity index is 1.88. The number of ketones is 1. The van der Waals surface area contributed by atoms with Crippen molar-refractivity contribution in [1.29, 1.82) is 0 Å². The molecule has 2 aliphatic rings. The second-order valence-corrected chi connectivity index (χ2v) is 7.24. The van der Waals surface area contributed by atoms with Crippen LogP contribution < -0.4 is 10.6 Å². The molecular formula is C22H21FN2O3. The summed E-state index contributed by atoms with van der Waals surface area (Å²) in [6, 6.07) is 13.2. The zero-order valence-electron chi connectivity index (χ0n) is 15.7. The molecular weight excluding hydrogens is 359 g/mol. The number of benzene rings is 2. The first-order valence-electron chi connectivity index (χ1n) is 9.22. The van der Waals surface area contributed by atoms with Crippen LogP contribution in [0.15, 0.2) is 59.8 Å². The molecule has 144 valence electrons. The van der Waals surface area contributed by atoms with Gasteiger partial charge in [-0.3, -0.25) is 9.59 Å². The molecule has 0 bridgehead atoms. The Bertz CT molecular complexity index is 985. The Labute approximate surface area is 162 Å². The van der Waals surface area contributed by atoms with E-state index in [1.165, 1.54) is 19.2 Å². The van der Waals surface area contributed by atoms with Gasteiger partial charge in [0.25, 0.3) is 0 Å². The fraction of sp³-hybridized carbons (Fsp3) is 0.273. The Morgan fingerprint density at radius 3 is 2.61 bits per heavy atom. The average Bonchev–Trinajstić information content (AvgIpc) is 2.84. The van der Waals surface area contributed by atoms with E-state index in [2.05, 4.69) is 10.6 Å². The molecule has 2 aromatic carbocycles.